The average Bonchev–Trinajstić information content (AvgIpc) is 3.23. The molecule has 8 nitrogen and oxygen atoms in total. The predicted molar refractivity (Wildman–Crippen MR) is 224 cm³/mol. The van der Waals surface area contributed by atoms with Crippen LogP contribution in [0.3, 0.4) is 0 Å². The highest BCUT2D eigenvalue weighted by Crippen LogP contribution is 2.34. The molecule has 4 aromatic carbocycles. The van der Waals surface area contributed by atoms with Gasteiger partial charge in [-0.25, -0.2) is 9.59 Å². The van der Waals surface area contributed by atoms with E-state index in [0.717, 1.165) is 63.2 Å². The van der Waals surface area contributed by atoms with Crippen LogP contribution in [0, 0.1) is 0 Å². The summed E-state index contributed by atoms with van der Waals surface area (Å²) in [6, 6.07) is 24.7. The van der Waals surface area contributed by atoms with Gasteiger partial charge in [-0.1, -0.05) is 114 Å². The van der Waals surface area contributed by atoms with Crippen molar-refractivity contribution in [3.8, 4) is 23.0 Å². The molecule has 0 amide bonds. The van der Waals surface area contributed by atoms with Gasteiger partial charge >= 0.3 is 11.9 Å². The molecule has 0 aliphatic heterocycles. The van der Waals surface area contributed by atoms with Crippen LogP contribution >= 0.6 is 0 Å². The van der Waals surface area contributed by atoms with Gasteiger partial charge in [0, 0.05) is 10.8 Å². The van der Waals surface area contributed by atoms with E-state index in [1.165, 1.54) is 76.7 Å². The number of esters is 2. The summed E-state index contributed by atoms with van der Waals surface area (Å²) in [5.74, 6) is 1.21. The zero-order valence-corrected chi connectivity index (χ0v) is 33.1. The van der Waals surface area contributed by atoms with E-state index >= 15 is 0 Å². The summed E-state index contributed by atoms with van der Waals surface area (Å²) in [6.07, 6.45) is 21.7. The minimum Gasteiger partial charge on any atom is -0.502 e. The number of rotatable bonds is 30. The van der Waals surface area contributed by atoms with Gasteiger partial charge in [0.25, 0.3) is 0 Å². The van der Waals surface area contributed by atoms with Crippen LogP contribution in [-0.2, 0) is 9.47 Å². The van der Waals surface area contributed by atoms with E-state index in [1.54, 1.807) is 60.7 Å². The van der Waals surface area contributed by atoms with E-state index in [9.17, 15) is 9.59 Å². The first kappa shape index (κ1) is 43.5. The highest BCUT2D eigenvalue weighted by atomic mass is 16.5. The highest BCUT2D eigenvalue weighted by molar-refractivity contribution is 6.00. The molecule has 0 radical (unpaired) electrons. The lowest BCUT2D eigenvalue weighted by Crippen LogP contribution is -2.10. The number of unbranched alkanes of at least 4 members (excludes halogenated alkanes) is 14. The van der Waals surface area contributed by atoms with Gasteiger partial charge in [-0.3, -0.25) is 0 Å². The van der Waals surface area contributed by atoms with Crippen LogP contribution in [0.25, 0.3) is 10.8 Å². The molecule has 300 valence electrons. The van der Waals surface area contributed by atoms with Gasteiger partial charge in [0.05, 0.1) is 50.1 Å². The van der Waals surface area contributed by atoms with Crippen molar-refractivity contribution in [2.24, 2.45) is 0 Å². The molecule has 0 saturated carbocycles. The molecule has 0 bridgehead atoms. The summed E-state index contributed by atoms with van der Waals surface area (Å²) in [6.45, 7) is 9.93. The Bertz CT molecular complexity index is 1600. The van der Waals surface area contributed by atoms with Gasteiger partial charge in [0.1, 0.15) is 23.0 Å². The summed E-state index contributed by atoms with van der Waals surface area (Å²) in [5, 5.41) is 1.31. The van der Waals surface area contributed by atoms with Crippen LogP contribution in [-0.4, -0.2) is 38.4 Å². The number of carbonyl (C=O) groups excluding carboxylic acids is 2. The van der Waals surface area contributed by atoms with Crippen LogP contribution in [0.5, 0.6) is 23.0 Å². The minimum absolute atomic E-state index is 0.374. The Morgan fingerprint density at radius 1 is 0.411 bits per heavy atom. The third-order valence-corrected chi connectivity index (χ3v) is 9.52. The smallest absolute Gasteiger partial charge is 0.343 e. The maximum Gasteiger partial charge on any atom is 0.343 e. The zero-order valence-electron chi connectivity index (χ0n) is 33.1. The number of carbonyl (C=O) groups is 2. The van der Waals surface area contributed by atoms with Crippen LogP contribution < -0.4 is 18.9 Å². The lowest BCUT2D eigenvalue weighted by molar-refractivity contribution is 0.0723. The first-order valence-corrected chi connectivity index (χ1v) is 20.5. The molecule has 0 aliphatic carbocycles. The van der Waals surface area contributed by atoms with Crippen LogP contribution in [0.15, 0.2) is 111 Å². The molecule has 4 aromatic rings. The first-order valence-electron chi connectivity index (χ1n) is 20.5. The van der Waals surface area contributed by atoms with Crippen molar-refractivity contribution in [1.82, 2.24) is 0 Å². The Morgan fingerprint density at radius 3 is 1.07 bits per heavy atom. The fourth-order valence-corrected chi connectivity index (χ4v) is 6.36. The summed E-state index contributed by atoms with van der Waals surface area (Å²) in [4.78, 5) is 26.2. The molecule has 0 saturated heterocycles. The van der Waals surface area contributed by atoms with E-state index < -0.39 is 11.9 Å². The van der Waals surface area contributed by atoms with Gasteiger partial charge in [0.2, 0.25) is 0 Å². The quantitative estimate of drug-likeness (QED) is 0.0224. The minimum atomic E-state index is -0.487. The number of ether oxygens (including phenoxy) is 6. The number of benzene rings is 4. The molecule has 0 N–H and O–H groups in total. The van der Waals surface area contributed by atoms with Crippen molar-refractivity contribution >= 4 is 22.7 Å². The lowest BCUT2D eigenvalue weighted by atomic mass is 10.1. The molecule has 8 heteroatoms. The van der Waals surface area contributed by atoms with Crippen molar-refractivity contribution < 1.29 is 38.0 Å². The average molecular weight is 765 g/mol. The molecule has 0 aromatic heterocycles. The second kappa shape index (κ2) is 26.5. The van der Waals surface area contributed by atoms with Crippen molar-refractivity contribution in [2.75, 3.05) is 26.4 Å². The van der Waals surface area contributed by atoms with Crippen LogP contribution in [0.2, 0.25) is 0 Å². The Morgan fingerprint density at radius 2 is 0.732 bits per heavy atom. The third-order valence-electron chi connectivity index (χ3n) is 9.52. The molecular formula is C48H60O8. The lowest BCUT2D eigenvalue weighted by Gasteiger charge is -2.12. The maximum absolute atomic E-state index is 13.1. The fraction of sp³-hybridized carbons (Fsp3) is 0.417. The fourth-order valence-electron chi connectivity index (χ4n) is 6.36. The number of hydrogen-bond acceptors (Lipinski definition) is 8. The summed E-state index contributed by atoms with van der Waals surface area (Å²) < 4.78 is 33.8. The van der Waals surface area contributed by atoms with Gasteiger partial charge in [-0.05, 0) is 86.3 Å². The summed E-state index contributed by atoms with van der Waals surface area (Å²) in [5.41, 5.74) is 0.821. The van der Waals surface area contributed by atoms with Crippen molar-refractivity contribution in [3.05, 3.63) is 122 Å². The van der Waals surface area contributed by atoms with E-state index in [1.807, 2.05) is 24.3 Å². The van der Waals surface area contributed by atoms with Crippen LogP contribution in [0.1, 0.15) is 123 Å². The second-order valence-electron chi connectivity index (χ2n) is 13.9. The molecule has 4 rings (SSSR count). The maximum atomic E-state index is 13.1. The molecule has 0 unspecified atom stereocenters. The first-order chi connectivity index (χ1) is 27.6. The summed E-state index contributed by atoms with van der Waals surface area (Å²) >= 11 is 0. The zero-order chi connectivity index (χ0) is 39.5. The van der Waals surface area contributed by atoms with Crippen molar-refractivity contribution in [2.45, 2.75) is 103 Å². The molecule has 0 atom stereocenters. The molecular weight excluding hydrogens is 705 g/mol. The standard InChI is InChI=1S/C48H60O8/c1-3-51-35-19-13-9-5-7-11-15-21-37-53-41-29-25-39(26-30-41)47(49)55-45-33-34-46(44-24-18-17-23-43(44)45)56-48(50)40-27-31-42(32-28-40)54-38-22-16-12-8-6-10-14-20-36-52-4-2/h3-4,17-18,23-34H,1-2,5-16,19-22,35-38H2. The predicted octanol–water partition coefficient (Wildman–Crippen LogP) is 12.6. The van der Waals surface area contributed by atoms with Crippen molar-refractivity contribution in [1.29, 1.82) is 0 Å². The van der Waals surface area contributed by atoms with E-state index in [4.69, 9.17) is 28.4 Å². The van der Waals surface area contributed by atoms with Gasteiger partial charge in [-0.15, -0.1) is 0 Å². The highest BCUT2D eigenvalue weighted by Gasteiger charge is 2.16. The molecule has 0 spiro atoms. The second-order valence-corrected chi connectivity index (χ2v) is 13.9. The molecule has 56 heavy (non-hydrogen) atoms. The van der Waals surface area contributed by atoms with E-state index in [2.05, 4.69) is 13.2 Å². The topological polar surface area (TPSA) is 89.5 Å². The molecule has 0 heterocycles. The van der Waals surface area contributed by atoms with Gasteiger partial charge in [0.15, 0.2) is 0 Å². The normalized spacial score (nSPS) is 10.8. The van der Waals surface area contributed by atoms with Gasteiger partial charge < -0.3 is 28.4 Å². The largest absolute Gasteiger partial charge is 0.502 e. The van der Waals surface area contributed by atoms with E-state index in [0.29, 0.717) is 46.6 Å². The molecule has 0 fully saturated rings. The Balaban J connectivity index is 1.16. The SMILES string of the molecule is C=COCCCCCCCCCCOc1ccc(C(=O)Oc2ccc(OC(=O)c3ccc(OCCCCCCCCCCOC=C)cc3)c3ccccc23)cc1. The summed E-state index contributed by atoms with van der Waals surface area (Å²) in [7, 11) is 0. The Labute approximate surface area is 333 Å². The Hall–Kier alpha value is -5.24. The third kappa shape index (κ3) is 16.2. The Kier molecular flexibility index (Phi) is 20.6. The van der Waals surface area contributed by atoms with Crippen molar-refractivity contribution in [3.63, 3.8) is 0 Å². The number of hydrogen-bond donors (Lipinski definition) is 0. The monoisotopic (exact) mass is 764 g/mol. The van der Waals surface area contributed by atoms with Gasteiger partial charge in [-0.2, -0.15) is 0 Å². The molecule has 0 aliphatic rings. The van der Waals surface area contributed by atoms with E-state index in [-0.39, 0.29) is 0 Å². The van der Waals surface area contributed by atoms with Crippen LogP contribution in [0.4, 0.5) is 0 Å². The number of fused-ring (bicyclic) bond motifs is 1.